The third kappa shape index (κ3) is 2.17. The average molecular weight is 279 g/mol. The van der Waals surface area contributed by atoms with E-state index in [2.05, 4.69) is 14.4 Å². The molecular formula is C12H13N3O3S. The number of rotatable bonds is 3. The van der Waals surface area contributed by atoms with E-state index in [1.54, 1.807) is 12.1 Å². The van der Waals surface area contributed by atoms with Crippen LogP contribution in [-0.4, -0.2) is 27.2 Å². The Morgan fingerprint density at radius 3 is 2.95 bits per heavy atom. The summed E-state index contributed by atoms with van der Waals surface area (Å²) in [6.45, 7) is 0.912. The van der Waals surface area contributed by atoms with Crippen LogP contribution in [0.3, 0.4) is 0 Å². The number of hydrogen-bond acceptors (Lipinski definition) is 5. The molecule has 0 aliphatic carbocycles. The van der Waals surface area contributed by atoms with E-state index in [4.69, 9.17) is 0 Å². The molecule has 0 saturated heterocycles. The summed E-state index contributed by atoms with van der Waals surface area (Å²) >= 11 is 0. The highest BCUT2D eigenvalue weighted by molar-refractivity contribution is 7.92. The number of anilines is 2. The number of fused-ring (bicyclic) bond motifs is 1. The largest absolute Gasteiger partial charge is 0.374 e. The quantitative estimate of drug-likeness (QED) is 0.920. The van der Waals surface area contributed by atoms with Crippen molar-refractivity contribution in [1.82, 2.24) is 5.16 Å². The fourth-order valence-electron chi connectivity index (χ4n) is 2.15. The summed E-state index contributed by atoms with van der Waals surface area (Å²) in [5.74, 6) is 0.175. The lowest BCUT2D eigenvalue weighted by atomic mass is 10.2. The maximum atomic E-state index is 12.2. The lowest BCUT2D eigenvalue weighted by Gasteiger charge is -2.13. The monoisotopic (exact) mass is 279 g/mol. The second kappa shape index (κ2) is 4.27. The summed E-state index contributed by atoms with van der Waals surface area (Å²) in [7, 11) is -1.68. The van der Waals surface area contributed by atoms with Crippen LogP contribution in [0.5, 0.6) is 0 Å². The Balaban J connectivity index is 1.96. The van der Waals surface area contributed by atoms with Crippen molar-refractivity contribution < 1.29 is 12.9 Å². The van der Waals surface area contributed by atoms with Crippen molar-refractivity contribution in [3.8, 4) is 0 Å². The molecule has 0 amide bonds. The number of aromatic nitrogens is 1. The van der Waals surface area contributed by atoms with Gasteiger partial charge in [0.2, 0.25) is 0 Å². The molecule has 19 heavy (non-hydrogen) atoms. The van der Waals surface area contributed by atoms with E-state index in [0.29, 0.717) is 0 Å². The highest BCUT2D eigenvalue weighted by Crippen LogP contribution is 2.29. The highest BCUT2D eigenvalue weighted by atomic mass is 32.2. The first-order valence-electron chi connectivity index (χ1n) is 5.83. The standard InChI is InChI=1S/C12H13N3O3S/c1-15-6-4-9-2-3-10(8-11(9)15)19(16,17)14-12-5-7-18-13-12/h2-3,5,7-8H,4,6H2,1H3,(H,13,14). The summed E-state index contributed by atoms with van der Waals surface area (Å²) in [5.41, 5.74) is 2.13. The van der Waals surface area contributed by atoms with E-state index in [1.165, 1.54) is 17.9 Å². The van der Waals surface area contributed by atoms with Gasteiger partial charge in [-0.1, -0.05) is 11.2 Å². The first kappa shape index (κ1) is 12.0. The van der Waals surface area contributed by atoms with Crippen molar-refractivity contribution in [3.05, 3.63) is 36.1 Å². The topological polar surface area (TPSA) is 75.4 Å². The van der Waals surface area contributed by atoms with Crippen LogP contribution >= 0.6 is 0 Å². The molecule has 0 atom stereocenters. The van der Waals surface area contributed by atoms with Crippen molar-refractivity contribution in [2.24, 2.45) is 0 Å². The SMILES string of the molecule is CN1CCc2ccc(S(=O)(=O)Nc3ccon3)cc21. The maximum absolute atomic E-state index is 12.2. The molecule has 100 valence electrons. The maximum Gasteiger partial charge on any atom is 0.263 e. The minimum atomic E-state index is -3.63. The number of nitrogens with zero attached hydrogens (tertiary/aromatic N) is 2. The lowest BCUT2D eigenvalue weighted by Crippen LogP contribution is -2.15. The van der Waals surface area contributed by atoms with Crippen LogP contribution in [0.2, 0.25) is 0 Å². The Morgan fingerprint density at radius 1 is 1.37 bits per heavy atom. The van der Waals surface area contributed by atoms with Crippen molar-refractivity contribution in [2.75, 3.05) is 23.2 Å². The molecule has 7 heteroatoms. The molecule has 0 saturated carbocycles. The average Bonchev–Trinajstić information content (AvgIpc) is 2.99. The van der Waals surface area contributed by atoms with Crippen LogP contribution in [0, 0.1) is 0 Å². The minimum absolute atomic E-state index is 0.175. The molecule has 1 aliphatic rings. The van der Waals surface area contributed by atoms with Crippen molar-refractivity contribution >= 4 is 21.5 Å². The Morgan fingerprint density at radius 2 is 2.21 bits per heavy atom. The van der Waals surface area contributed by atoms with E-state index < -0.39 is 10.0 Å². The Bertz CT molecular complexity index is 695. The van der Waals surface area contributed by atoms with Crippen molar-refractivity contribution in [1.29, 1.82) is 0 Å². The lowest BCUT2D eigenvalue weighted by molar-refractivity contribution is 0.423. The molecule has 2 heterocycles. The second-order valence-electron chi connectivity index (χ2n) is 4.45. The van der Waals surface area contributed by atoms with Gasteiger partial charge in [0.1, 0.15) is 6.26 Å². The Kier molecular flexibility index (Phi) is 2.70. The summed E-state index contributed by atoms with van der Waals surface area (Å²) in [5, 5.41) is 3.54. The van der Waals surface area contributed by atoms with Gasteiger partial charge in [-0.3, -0.25) is 4.72 Å². The molecule has 1 N–H and O–H groups in total. The first-order valence-corrected chi connectivity index (χ1v) is 7.32. The van der Waals surface area contributed by atoms with Gasteiger partial charge in [-0.25, -0.2) is 8.42 Å². The van der Waals surface area contributed by atoms with Gasteiger partial charge in [0.25, 0.3) is 10.0 Å². The third-order valence-electron chi connectivity index (χ3n) is 3.17. The summed E-state index contributed by atoms with van der Waals surface area (Å²) in [4.78, 5) is 2.27. The fraction of sp³-hybridized carbons (Fsp3) is 0.250. The van der Waals surface area contributed by atoms with Crippen LogP contribution in [0.1, 0.15) is 5.56 Å². The second-order valence-corrected chi connectivity index (χ2v) is 6.13. The van der Waals surface area contributed by atoms with Gasteiger partial charge in [-0.05, 0) is 24.1 Å². The molecule has 0 radical (unpaired) electrons. The summed E-state index contributed by atoms with van der Waals surface area (Å²) in [6.07, 6.45) is 2.26. The Hall–Kier alpha value is -2.02. The molecule has 2 aromatic rings. The number of sulfonamides is 1. The van der Waals surface area contributed by atoms with Crippen LogP contribution in [0.25, 0.3) is 0 Å². The highest BCUT2D eigenvalue weighted by Gasteiger charge is 2.21. The molecule has 1 aromatic heterocycles. The van der Waals surface area contributed by atoms with E-state index in [0.717, 1.165) is 18.7 Å². The summed E-state index contributed by atoms with van der Waals surface area (Å²) in [6, 6.07) is 6.61. The van der Waals surface area contributed by atoms with E-state index >= 15 is 0 Å². The minimum Gasteiger partial charge on any atom is -0.374 e. The fourth-order valence-corrected chi connectivity index (χ4v) is 3.16. The van der Waals surface area contributed by atoms with E-state index in [-0.39, 0.29) is 10.7 Å². The zero-order valence-electron chi connectivity index (χ0n) is 10.3. The number of likely N-dealkylation sites (N-methyl/N-ethyl adjacent to an activating group) is 1. The molecule has 0 spiro atoms. The number of nitrogens with one attached hydrogen (secondary N) is 1. The van der Waals surface area contributed by atoms with Crippen LogP contribution in [0.15, 0.2) is 39.9 Å². The first-order chi connectivity index (χ1) is 9.06. The smallest absolute Gasteiger partial charge is 0.263 e. The van der Waals surface area contributed by atoms with Crippen LogP contribution in [0.4, 0.5) is 11.5 Å². The zero-order chi connectivity index (χ0) is 13.5. The Labute approximate surface area is 111 Å². The zero-order valence-corrected chi connectivity index (χ0v) is 11.1. The molecule has 1 aliphatic heterocycles. The van der Waals surface area contributed by atoms with Gasteiger partial charge >= 0.3 is 0 Å². The predicted octanol–water partition coefficient (Wildman–Crippen LogP) is 1.47. The number of benzene rings is 1. The number of hydrogen-bond donors (Lipinski definition) is 1. The molecule has 3 rings (SSSR count). The summed E-state index contributed by atoms with van der Waals surface area (Å²) < 4.78 is 31.4. The van der Waals surface area contributed by atoms with Crippen molar-refractivity contribution in [3.63, 3.8) is 0 Å². The van der Waals surface area contributed by atoms with Crippen LogP contribution in [-0.2, 0) is 16.4 Å². The normalized spacial score (nSPS) is 14.5. The van der Waals surface area contributed by atoms with E-state index in [9.17, 15) is 8.42 Å². The van der Waals surface area contributed by atoms with Gasteiger partial charge in [-0.15, -0.1) is 0 Å². The molecular weight excluding hydrogens is 266 g/mol. The van der Waals surface area contributed by atoms with Gasteiger partial charge in [0.15, 0.2) is 5.82 Å². The molecule has 1 aromatic carbocycles. The predicted molar refractivity (Wildman–Crippen MR) is 70.7 cm³/mol. The van der Waals surface area contributed by atoms with Gasteiger partial charge in [0.05, 0.1) is 4.90 Å². The molecule has 0 fully saturated rings. The van der Waals surface area contributed by atoms with E-state index in [1.807, 2.05) is 18.0 Å². The van der Waals surface area contributed by atoms with Crippen molar-refractivity contribution in [2.45, 2.75) is 11.3 Å². The van der Waals surface area contributed by atoms with Crippen LogP contribution < -0.4 is 9.62 Å². The molecule has 0 bridgehead atoms. The van der Waals surface area contributed by atoms with Gasteiger partial charge in [0, 0.05) is 25.3 Å². The van der Waals surface area contributed by atoms with Gasteiger partial charge < -0.3 is 9.42 Å². The third-order valence-corrected chi connectivity index (χ3v) is 4.52. The molecule has 0 unspecified atom stereocenters. The molecule has 6 nitrogen and oxygen atoms in total. The van der Waals surface area contributed by atoms with Gasteiger partial charge in [-0.2, -0.15) is 0 Å².